The van der Waals surface area contributed by atoms with Gasteiger partial charge in [-0.2, -0.15) is 5.10 Å². The van der Waals surface area contributed by atoms with Crippen LogP contribution in [0.5, 0.6) is 17.2 Å². The molecule has 1 amide bonds. The van der Waals surface area contributed by atoms with E-state index in [1.807, 2.05) is 67.6 Å². The number of rotatable bonds is 11. The average molecular weight is 688 g/mol. The van der Waals surface area contributed by atoms with E-state index >= 15 is 0 Å². The van der Waals surface area contributed by atoms with Gasteiger partial charge in [0, 0.05) is 15.6 Å². The maximum atomic E-state index is 13.0. The van der Waals surface area contributed by atoms with Crippen molar-refractivity contribution >= 4 is 54.8 Å². The second-order valence-electron chi connectivity index (χ2n) is 9.30. The van der Waals surface area contributed by atoms with Crippen LogP contribution >= 0.6 is 31.9 Å². The van der Waals surface area contributed by atoms with Crippen molar-refractivity contribution in [2.75, 3.05) is 6.61 Å². The number of benzene rings is 5. The lowest BCUT2D eigenvalue weighted by molar-refractivity contribution is 0.0954. The third kappa shape index (κ3) is 7.38. The van der Waals surface area contributed by atoms with Gasteiger partial charge >= 0.3 is 0 Å². The minimum Gasteiger partial charge on any atom is -0.490 e. The largest absolute Gasteiger partial charge is 0.490 e. The molecule has 0 fully saturated rings. The standard InChI is InChI=1S/C34H28Br2N2O4/c1-2-40-32-18-25(15-16-31(32)41-21-23-9-4-3-5-10-23)34(39)38-37-20-27-17-28(35)19-30(36)33(27)42-22-26-13-8-12-24-11-6-7-14-29(24)26/h3-20H,2,21-22H2,1H3,(H,38,39)/b37-20+. The zero-order valence-electron chi connectivity index (χ0n) is 22.8. The minimum absolute atomic E-state index is 0.369. The molecule has 0 radical (unpaired) electrons. The quantitative estimate of drug-likeness (QED) is 0.111. The lowest BCUT2D eigenvalue weighted by Crippen LogP contribution is -2.18. The monoisotopic (exact) mass is 686 g/mol. The van der Waals surface area contributed by atoms with Gasteiger partial charge in [0.25, 0.3) is 5.91 Å². The molecule has 0 saturated heterocycles. The van der Waals surface area contributed by atoms with E-state index in [4.69, 9.17) is 14.2 Å². The molecule has 0 unspecified atom stereocenters. The summed E-state index contributed by atoms with van der Waals surface area (Å²) in [7, 11) is 0. The van der Waals surface area contributed by atoms with Gasteiger partial charge in [0.05, 0.1) is 17.3 Å². The highest BCUT2D eigenvalue weighted by Crippen LogP contribution is 2.33. The van der Waals surface area contributed by atoms with Crippen molar-refractivity contribution in [3.8, 4) is 17.2 Å². The first kappa shape index (κ1) is 29.4. The Morgan fingerprint density at radius 1 is 0.810 bits per heavy atom. The van der Waals surface area contributed by atoms with E-state index in [0.29, 0.717) is 48.2 Å². The van der Waals surface area contributed by atoms with E-state index in [0.717, 1.165) is 30.8 Å². The summed E-state index contributed by atoms with van der Waals surface area (Å²) in [4.78, 5) is 13.0. The van der Waals surface area contributed by atoms with Crippen LogP contribution in [-0.2, 0) is 13.2 Å². The van der Waals surface area contributed by atoms with E-state index in [2.05, 4.69) is 66.7 Å². The third-order valence-corrected chi connectivity index (χ3v) is 7.45. The van der Waals surface area contributed by atoms with Crippen molar-refractivity contribution in [3.63, 3.8) is 0 Å². The Hall–Kier alpha value is -4.14. The number of nitrogens with one attached hydrogen (secondary N) is 1. The molecule has 5 aromatic carbocycles. The maximum absolute atomic E-state index is 13.0. The number of ether oxygens (including phenoxy) is 3. The van der Waals surface area contributed by atoms with Gasteiger partial charge in [-0.25, -0.2) is 5.43 Å². The highest BCUT2D eigenvalue weighted by molar-refractivity contribution is 9.11. The fraction of sp³-hybridized carbons (Fsp3) is 0.118. The Labute approximate surface area is 261 Å². The molecule has 1 N–H and O–H groups in total. The Bertz CT molecular complexity index is 1720. The van der Waals surface area contributed by atoms with E-state index in [1.165, 1.54) is 0 Å². The Kier molecular flexibility index (Phi) is 9.90. The molecule has 0 spiro atoms. The summed E-state index contributed by atoms with van der Waals surface area (Å²) in [6, 6.07) is 33.1. The Morgan fingerprint density at radius 2 is 1.60 bits per heavy atom. The molecule has 0 aromatic heterocycles. The lowest BCUT2D eigenvalue weighted by atomic mass is 10.1. The summed E-state index contributed by atoms with van der Waals surface area (Å²) in [6.45, 7) is 3.08. The van der Waals surface area contributed by atoms with Gasteiger partial charge in [-0.05, 0) is 75.1 Å². The number of carbonyl (C=O) groups excluding carboxylic acids is 1. The van der Waals surface area contributed by atoms with Gasteiger partial charge in [-0.3, -0.25) is 4.79 Å². The molecule has 5 rings (SSSR count). The topological polar surface area (TPSA) is 69.2 Å². The van der Waals surface area contributed by atoms with Crippen LogP contribution in [0.15, 0.2) is 117 Å². The smallest absolute Gasteiger partial charge is 0.271 e. The number of hydrogen-bond acceptors (Lipinski definition) is 5. The van der Waals surface area contributed by atoms with Gasteiger partial charge in [-0.1, -0.05) is 88.7 Å². The van der Waals surface area contributed by atoms with Crippen LogP contribution in [-0.4, -0.2) is 18.7 Å². The maximum Gasteiger partial charge on any atom is 0.271 e. The normalized spacial score (nSPS) is 11.0. The predicted octanol–water partition coefficient (Wildman–Crippen LogP) is 8.69. The molecule has 0 heterocycles. The van der Waals surface area contributed by atoms with Crippen LogP contribution in [0.2, 0.25) is 0 Å². The highest BCUT2D eigenvalue weighted by atomic mass is 79.9. The molecule has 5 aromatic rings. The van der Waals surface area contributed by atoms with Crippen molar-refractivity contribution < 1.29 is 19.0 Å². The van der Waals surface area contributed by atoms with Crippen molar-refractivity contribution in [2.24, 2.45) is 5.10 Å². The lowest BCUT2D eigenvalue weighted by Gasteiger charge is -2.14. The molecule has 0 aliphatic heterocycles. The molecular weight excluding hydrogens is 660 g/mol. The number of carbonyl (C=O) groups is 1. The van der Waals surface area contributed by atoms with Crippen LogP contribution < -0.4 is 19.6 Å². The van der Waals surface area contributed by atoms with Crippen LogP contribution in [0, 0.1) is 0 Å². The van der Waals surface area contributed by atoms with Gasteiger partial charge in [0.1, 0.15) is 19.0 Å². The molecular formula is C34H28Br2N2O4. The first-order valence-electron chi connectivity index (χ1n) is 13.4. The van der Waals surface area contributed by atoms with Gasteiger partial charge in [-0.15, -0.1) is 0 Å². The molecule has 8 heteroatoms. The van der Waals surface area contributed by atoms with Crippen molar-refractivity contribution in [1.82, 2.24) is 5.43 Å². The van der Waals surface area contributed by atoms with Gasteiger partial charge < -0.3 is 14.2 Å². The first-order valence-corrected chi connectivity index (χ1v) is 15.0. The molecule has 6 nitrogen and oxygen atoms in total. The summed E-state index contributed by atoms with van der Waals surface area (Å²) in [6.07, 6.45) is 1.56. The zero-order chi connectivity index (χ0) is 29.3. The SMILES string of the molecule is CCOc1cc(C(=O)N/N=C/c2cc(Br)cc(Br)c2OCc2cccc3ccccc23)ccc1OCc1ccccc1. The minimum atomic E-state index is -0.380. The van der Waals surface area contributed by atoms with Crippen LogP contribution in [0.4, 0.5) is 0 Å². The number of nitrogens with zero attached hydrogens (tertiary/aromatic N) is 1. The van der Waals surface area contributed by atoms with Crippen molar-refractivity contribution in [2.45, 2.75) is 20.1 Å². The second-order valence-corrected chi connectivity index (χ2v) is 11.1. The Balaban J connectivity index is 1.29. The molecule has 0 bridgehead atoms. The summed E-state index contributed by atoms with van der Waals surface area (Å²) in [5, 5.41) is 6.51. The number of fused-ring (bicyclic) bond motifs is 1. The van der Waals surface area contributed by atoms with E-state index in [-0.39, 0.29) is 5.91 Å². The first-order chi connectivity index (χ1) is 20.5. The highest BCUT2D eigenvalue weighted by Gasteiger charge is 2.13. The summed E-state index contributed by atoms with van der Waals surface area (Å²) >= 11 is 7.14. The molecule has 0 saturated carbocycles. The van der Waals surface area contributed by atoms with E-state index < -0.39 is 0 Å². The molecule has 0 aliphatic carbocycles. The summed E-state index contributed by atoms with van der Waals surface area (Å²) in [5.74, 6) is 1.29. The molecule has 0 atom stereocenters. The summed E-state index contributed by atoms with van der Waals surface area (Å²) < 4.78 is 19.6. The zero-order valence-corrected chi connectivity index (χ0v) is 26.0. The Morgan fingerprint density at radius 3 is 2.43 bits per heavy atom. The molecule has 42 heavy (non-hydrogen) atoms. The van der Waals surface area contributed by atoms with Gasteiger partial charge in [0.15, 0.2) is 11.5 Å². The van der Waals surface area contributed by atoms with Crippen LogP contribution in [0.1, 0.15) is 34.0 Å². The number of halogens is 2. The molecule has 0 aliphatic rings. The second kappa shape index (κ2) is 14.2. The fourth-order valence-corrected chi connectivity index (χ4v) is 5.77. The van der Waals surface area contributed by atoms with Crippen LogP contribution in [0.25, 0.3) is 10.8 Å². The number of amides is 1. The fourth-order valence-electron chi connectivity index (χ4n) is 4.39. The van der Waals surface area contributed by atoms with E-state index in [9.17, 15) is 4.79 Å². The average Bonchev–Trinajstić information content (AvgIpc) is 3.00. The number of hydrogen-bond donors (Lipinski definition) is 1. The predicted molar refractivity (Wildman–Crippen MR) is 174 cm³/mol. The van der Waals surface area contributed by atoms with Crippen molar-refractivity contribution in [1.29, 1.82) is 0 Å². The number of hydrazone groups is 1. The third-order valence-electron chi connectivity index (χ3n) is 6.40. The van der Waals surface area contributed by atoms with E-state index in [1.54, 1.807) is 24.4 Å². The van der Waals surface area contributed by atoms with Gasteiger partial charge in [0.2, 0.25) is 0 Å². The summed E-state index contributed by atoms with van der Waals surface area (Å²) in [5.41, 5.74) is 5.80. The van der Waals surface area contributed by atoms with Crippen molar-refractivity contribution in [3.05, 3.63) is 134 Å². The molecule has 212 valence electrons. The van der Waals surface area contributed by atoms with Crippen LogP contribution in [0.3, 0.4) is 0 Å².